The van der Waals surface area contributed by atoms with Gasteiger partial charge in [-0.3, -0.25) is 4.79 Å². The van der Waals surface area contributed by atoms with Crippen LogP contribution < -0.4 is 0 Å². The minimum Gasteiger partial charge on any atom is -0.289 e. The van der Waals surface area contributed by atoms with Crippen LogP contribution >= 0.6 is 27.5 Å². The molecule has 1 aromatic carbocycles. The molecule has 0 radical (unpaired) electrons. The molecule has 0 aliphatic heterocycles. The zero-order valence-electron chi connectivity index (χ0n) is 5.97. The summed E-state index contributed by atoms with van der Waals surface area (Å²) >= 11 is 9.00. The third-order valence-electron chi connectivity index (χ3n) is 1.20. The van der Waals surface area contributed by atoms with E-state index in [2.05, 4.69) is 27.8 Å². The van der Waals surface area contributed by atoms with E-state index in [1.807, 2.05) is 0 Å². The van der Waals surface area contributed by atoms with E-state index in [9.17, 15) is 4.79 Å². The predicted molar refractivity (Wildman–Crippen MR) is 52.1 cm³/mol. The molecule has 0 saturated carbocycles. The molecule has 12 heavy (non-hydrogen) atoms. The van der Waals surface area contributed by atoms with Crippen molar-refractivity contribution in [2.24, 2.45) is 0 Å². The maximum absolute atomic E-state index is 9.92. The topological polar surface area (TPSA) is 17.1 Å². The van der Waals surface area contributed by atoms with Crippen LogP contribution in [0.1, 0.15) is 5.56 Å². The Labute approximate surface area is 83.9 Å². The van der Waals surface area contributed by atoms with Crippen molar-refractivity contribution in [2.75, 3.05) is 0 Å². The summed E-state index contributed by atoms with van der Waals surface area (Å²) in [4.78, 5) is 9.92. The Morgan fingerprint density at radius 3 is 2.83 bits per heavy atom. The number of carbonyl (C=O) groups excluding carboxylic acids is 1. The summed E-state index contributed by atoms with van der Waals surface area (Å²) in [5.74, 6) is 4.97. The van der Waals surface area contributed by atoms with E-state index in [1.165, 1.54) is 0 Å². The minimum atomic E-state index is 0.558. The highest BCUT2D eigenvalue weighted by Gasteiger charge is 1.95. The second-order valence-electron chi connectivity index (χ2n) is 2.02. The fourth-order valence-corrected chi connectivity index (χ4v) is 1.18. The second kappa shape index (κ2) is 4.30. The molecular formula is C9H4BrClO. The average molecular weight is 243 g/mol. The Bertz CT molecular complexity index is 363. The number of hydrogen-bond acceptors (Lipinski definition) is 1. The molecule has 1 nitrogen and oxygen atoms in total. The third kappa shape index (κ3) is 2.37. The zero-order valence-corrected chi connectivity index (χ0v) is 8.32. The lowest BCUT2D eigenvalue weighted by atomic mass is 10.2. The van der Waals surface area contributed by atoms with Crippen molar-refractivity contribution in [3.63, 3.8) is 0 Å². The van der Waals surface area contributed by atoms with Gasteiger partial charge in [-0.1, -0.05) is 17.5 Å². The van der Waals surface area contributed by atoms with Gasteiger partial charge in [-0.2, -0.15) is 0 Å². The average Bonchev–Trinajstić information content (AvgIpc) is 2.07. The normalized spacial score (nSPS) is 8.50. The highest BCUT2D eigenvalue weighted by atomic mass is 79.9. The summed E-state index contributed by atoms with van der Waals surface area (Å²) in [6.45, 7) is 0. The first-order valence-electron chi connectivity index (χ1n) is 3.14. The van der Waals surface area contributed by atoms with Gasteiger partial charge in [0, 0.05) is 10.0 Å². The van der Waals surface area contributed by atoms with Crippen molar-refractivity contribution in [3.05, 3.63) is 33.3 Å². The first kappa shape index (κ1) is 9.31. The van der Waals surface area contributed by atoms with Crippen LogP contribution in [-0.2, 0) is 4.79 Å². The third-order valence-corrected chi connectivity index (χ3v) is 2.41. The first-order valence-corrected chi connectivity index (χ1v) is 4.31. The lowest BCUT2D eigenvalue weighted by Gasteiger charge is -1.94. The summed E-state index contributed by atoms with van der Waals surface area (Å²) in [6, 6.07) is 5.24. The van der Waals surface area contributed by atoms with Crippen molar-refractivity contribution in [3.8, 4) is 11.8 Å². The molecule has 0 spiro atoms. The molecule has 1 aromatic rings. The highest BCUT2D eigenvalue weighted by molar-refractivity contribution is 9.10. The van der Waals surface area contributed by atoms with Gasteiger partial charge in [0.15, 0.2) is 6.29 Å². The van der Waals surface area contributed by atoms with Gasteiger partial charge in [0.2, 0.25) is 0 Å². The number of aldehydes is 1. The number of halogens is 2. The highest BCUT2D eigenvalue weighted by Crippen LogP contribution is 2.22. The zero-order chi connectivity index (χ0) is 8.97. The van der Waals surface area contributed by atoms with Crippen LogP contribution in [0.25, 0.3) is 0 Å². The summed E-state index contributed by atoms with van der Waals surface area (Å²) < 4.78 is 0.780. The van der Waals surface area contributed by atoms with Crippen LogP contribution in [0, 0.1) is 11.8 Å². The number of benzene rings is 1. The molecule has 0 aliphatic rings. The maximum Gasteiger partial charge on any atom is 0.193 e. The van der Waals surface area contributed by atoms with Gasteiger partial charge in [0.25, 0.3) is 0 Å². The molecule has 0 aromatic heterocycles. The monoisotopic (exact) mass is 242 g/mol. The summed E-state index contributed by atoms with van der Waals surface area (Å²) in [5.41, 5.74) is 0.762. The van der Waals surface area contributed by atoms with E-state index in [1.54, 1.807) is 18.2 Å². The molecule has 3 heteroatoms. The van der Waals surface area contributed by atoms with Crippen molar-refractivity contribution in [1.82, 2.24) is 0 Å². The van der Waals surface area contributed by atoms with Gasteiger partial charge in [0.1, 0.15) is 0 Å². The smallest absolute Gasteiger partial charge is 0.193 e. The molecule has 60 valence electrons. The van der Waals surface area contributed by atoms with Crippen molar-refractivity contribution >= 4 is 33.8 Å². The quantitative estimate of drug-likeness (QED) is 0.506. The molecule has 0 N–H and O–H groups in total. The number of hydrogen-bond donors (Lipinski definition) is 0. The van der Waals surface area contributed by atoms with Crippen molar-refractivity contribution in [1.29, 1.82) is 0 Å². The summed E-state index contributed by atoms with van der Waals surface area (Å²) in [7, 11) is 0. The van der Waals surface area contributed by atoms with Crippen LogP contribution in [0.5, 0.6) is 0 Å². The lowest BCUT2D eigenvalue weighted by Crippen LogP contribution is -1.75. The van der Waals surface area contributed by atoms with E-state index in [0.717, 1.165) is 10.0 Å². The van der Waals surface area contributed by atoms with E-state index in [0.29, 0.717) is 11.3 Å². The Balaban J connectivity index is 3.04. The largest absolute Gasteiger partial charge is 0.289 e. The Morgan fingerprint density at radius 2 is 2.25 bits per heavy atom. The maximum atomic E-state index is 9.92. The van der Waals surface area contributed by atoms with E-state index in [4.69, 9.17) is 11.6 Å². The number of carbonyl (C=O) groups is 1. The predicted octanol–water partition coefficient (Wildman–Crippen LogP) is 2.65. The van der Waals surface area contributed by atoms with Crippen LogP contribution in [0.3, 0.4) is 0 Å². The van der Waals surface area contributed by atoms with Gasteiger partial charge in [-0.25, -0.2) is 0 Å². The molecular weight excluding hydrogens is 239 g/mol. The van der Waals surface area contributed by atoms with E-state index >= 15 is 0 Å². The van der Waals surface area contributed by atoms with Gasteiger partial charge < -0.3 is 0 Å². The SMILES string of the molecule is O=CC#Cc1ccc(Cl)c(Br)c1. The molecule has 0 heterocycles. The molecule has 0 bridgehead atoms. The Morgan fingerprint density at radius 1 is 1.50 bits per heavy atom. The summed E-state index contributed by atoms with van der Waals surface area (Å²) in [6.07, 6.45) is 0.558. The summed E-state index contributed by atoms with van der Waals surface area (Å²) in [5, 5.41) is 0.631. The molecule has 0 amide bonds. The fourth-order valence-electron chi connectivity index (χ4n) is 0.687. The van der Waals surface area contributed by atoms with Crippen LogP contribution in [0.15, 0.2) is 22.7 Å². The van der Waals surface area contributed by atoms with Gasteiger partial charge in [-0.05, 0) is 40.0 Å². The Kier molecular flexibility index (Phi) is 3.33. The van der Waals surface area contributed by atoms with Gasteiger partial charge in [0.05, 0.1) is 5.02 Å². The molecule has 0 saturated heterocycles. The van der Waals surface area contributed by atoms with Gasteiger partial charge in [-0.15, -0.1) is 0 Å². The molecule has 0 atom stereocenters. The Hall–Kier alpha value is -0.780. The van der Waals surface area contributed by atoms with Crippen molar-refractivity contribution < 1.29 is 4.79 Å². The van der Waals surface area contributed by atoms with Crippen LogP contribution in [0.4, 0.5) is 0 Å². The van der Waals surface area contributed by atoms with Crippen molar-refractivity contribution in [2.45, 2.75) is 0 Å². The van der Waals surface area contributed by atoms with E-state index < -0.39 is 0 Å². The molecule has 0 aliphatic carbocycles. The fraction of sp³-hybridized carbons (Fsp3) is 0. The molecule has 0 fully saturated rings. The standard InChI is InChI=1S/C9H4BrClO/c10-8-6-7(2-1-5-12)3-4-9(8)11/h3-6H. The van der Waals surface area contributed by atoms with Crippen LogP contribution in [0.2, 0.25) is 5.02 Å². The van der Waals surface area contributed by atoms with Gasteiger partial charge >= 0.3 is 0 Å². The minimum absolute atomic E-state index is 0.558. The van der Waals surface area contributed by atoms with E-state index in [-0.39, 0.29) is 0 Å². The lowest BCUT2D eigenvalue weighted by molar-refractivity contribution is -0.103. The van der Waals surface area contributed by atoms with Crippen LogP contribution in [-0.4, -0.2) is 6.29 Å². The molecule has 0 unspecified atom stereocenters. The second-order valence-corrected chi connectivity index (χ2v) is 3.28. The molecule has 1 rings (SSSR count). The number of rotatable bonds is 0. The first-order chi connectivity index (χ1) is 5.74.